The van der Waals surface area contributed by atoms with Crippen molar-refractivity contribution >= 4 is 23.0 Å². The number of nitrogens with two attached hydrogens (primary N) is 2. The quantitative estimate of drug-likeness (QED) is 0.737. The minimum Gasteiger partial charge on any atom is -0.397 e. The van der Waals surface area contributed by atoms with Gasteiger partial charge in [0.15, 0.2) is 0 Å². The fourth-order valence-electron chi connectivity index (χ4n) is 1.88. The van der Waals surface area contributed by atoms with Gasteiger partial charge in [-0.25, -0.2) is 0 Å². The Balaban J connectivity index is 2.42. The Bertz CT molecular complexity index is 635. The van der Waals surface area contributed by atoms with Crippen LogP contribution in [0.3, 0.4) is 0 Å². The van der Waals surface area contributed by atoms with Gasteiger partial charge in [0.25, 0.3) is 5.91 Å². The molecule has 2 rings (SSSR count). The molecule has 98 valence electrons. The highest BCUT2D eigenvalue weighted by Crippen LogP contribution is 2.27. The third-order valence-corrected chi connectivity index (χ3v) is 3.14. The number of anilines is 3. The first-order chi connectivity index (χ1) is 8.99. The van der Waals surface area contributed by atoms with E-state index < -0.39 is 5.91 Å². The van der Waals surface area contributed by atoms with Crippen LogP contribution >= 0.6 is 0 Å². The molecule has 4 heteroatoms. The van der Waals surface area contributed by atoms with Gasteiger partial charge < -0.3 is 16.8 Å². The fourth-order valence-corrected chi connectivity index (χ4v) is 1.88. The lowest BCUT2D eigenvalue weighted by molar-refractivity contribution is 0.100. The maximum Gasteiger partial charge on any atom is 0.250 e. The Morgan fingerprint density at radius 3 is 2.47 bits per heavy atom. The van der Waals surface area contributed by atoms with E-state index in [9.17, 15) is 4.79 Å². The topological polar surface area (TPSA) is 81.1 Å². The smallest absolute Gasteiger partial charge is 0.250 e. The molecule has 19 heavy (non-hydrogen) atoms. The molecule has 2 aromatic rings. The van der Waals surface area contributed by atoms with Crippen LogP contribution in [0.25, 0.3) is 0 Å². The summed E-state index contributed by atoms with van der Waals surface area (Å²) in [5.74, 6) is -0.501. The Hall–Kier alpha value is -2.49. The number of amides is 1. The third-order valence-electron chi connectivity index (χ3n) is 3.14. The Morgan fingerprint density at radius 1 is 1.11 bits per heavy atom. The molecule has 4 nitrogen and oxygen atoms in total. The van der Waals surface area contributed by atoms with Gasteiger partial charge in [-0.15, -0.1) is 0 Å². The van der Waals surface area contributed by atoms with E-state index in [2.05, 4.69) is 5.32 Å². The number of benzene rings is 2. The van der Waals surface area contributed by atoms with Gasteiger partial charge in [-0.3, -0.25) is 4.79 Å². The largest absolute Gasteiger partial charge is 0.397 e. The van der Waals surface area contributed by atoms with Crippen LogP contribution in [0.15, 0.2) is 36.4 Å². The minimum absolute atomic E-state index is 0.387. The van der Waals surface area contributed by atoms with E-state index in [-0.39, 0.29) is 0 Å². The van der Waals surface area contributed by atoms with Crippen LogP contribution < -0.4 is 16.8 Å². The number of carbonyl (C=O) groups excluding carboxylic acids is 1. The summed E-state index contributed by atoms with van der Waals surface area (Å²) in [6.07, 6.45) is 0. The summed E-state index contributed by atoms with van der Waals surface area (Å²) >= 11 is 0. The van der Waals surface area contributed by atoms with Gasteiger partial charge in [-0.2, -0.15) is 0 Å². The average Bonchev–Trinajstić information content (AvgIpc) is 2.36. The molecular formula is C15H17N3O. The second kappa shape index (κ2) is 5.02. The van der Waals surface area contributed by atoms with E-state index in [1.54, 1.807) is 18.2 Å². The Labute approximate surface area is 112 Å². The summed E-state index contributed by atoms with van der Waals surface area (Å²) in [4.78, 5) is 11.4. The number of nitrogens with one attached hydrogen (secondary N) is 1. The molecule has 2 aromatic carbocycles. The lowest BCUT2D eigenvalue weighted by Crippen LogP contribution is -2.14. The molecule has 0 aliphatic carbocycles. The van der Waals surface area contributed by atoms with E-state index in [0.29, 0.717) is 16.9 Å². The second-order valence-corrected chi connectivity index (χ2v) is 4.56. The summed E-state index contributed by atoms with van der Waals surface area (Å²) in [5.41, 5.74) is 16.0. The summed E-state index contributed by atoms with van der Waals surface area (Å²) in [6.45, 7) is 4.08. The number of hydrogen-bond acceptors (Lipinski definition) is 3. The number of aryl methyl sites for hydroxylation is 2. The maximum atomic E-state index is 11.4. The average molecular weight is 255 g/mol. The van der Waals surface area contributed by atoms with E-state index >= 15 is 0 Å². The van der Waals surface area contributed by atoms with E-state index in [1.807, 2.05) is 32.0 Å². The van der Waals surface area contributed by atoms with Crippen molar-refractivity contribution in [2.75, 3.05) is 11.1 Å². The first-order valence-corrected chi connectivity index (χ1v) is 6.01. The number of carbonyl (C=O) groups is 1. The zero-order valence-corrected chi connectivity index (χ0v) is 11.0. The fraction of sp³-hybridized carbons (Fsp3) is 0.133. The van der Waals surface area contributed by atoms with Crippen LogP contribution in [0, 0.1) is 13.8 Å². The van der Waals surface area contributed by atoms with Gasteiger partial charge in [0, 0.05) is 5.69 Å². The monoisotopic (exact) mass is 255 g/mol. The van der Waals surface area contributed by atoms with E-state index in [4.69, 9.17) is 11.5 Å². The molecular weight excluding hydrogens is 238 g/mol. The van der Waals surface area contributed by atoms with Crippen LogP contribution in [-0.4, -0.2) is 5.91 Å². The highest BCUT2D eigenvalue weighted by Gasteiger charge is 2.11. The summed E-state index contributed by atoms with van der Waals surface area (Å²) in [7, 11) is 0. The van der Waals surface area contributed by atoms with Crippen molar-refractivity contribution in [2.24, 2.45) is 5.73 Å². The Morgan fingerprint density at radius 2 is 1.84 bits per heavy atom. The Kier molecular flexibility index (Phi) is 3.42. The van der Waals surface area contributed by atoms with Crippen LogP contribution in [0.5, 0.6) is 0 Å². The number of primary amides is 1. The predicted molar refractivity (Wildman–Crippen MR) is 78.6 cm³/mol. The highest BCUT2D eigenvalue weighted by molar-refractivity contribution is 6.02. The standard InChI is InChI=1S/C15H17N3O/c1-9-6-7-11(8-10(9)2)18-14-12(15(17)19)4-3-5-13(14)16/h3-8,18H,16H2,1-2H3,(H2,17,19). The van der Waals surface area contributed by atoms with Crippen molar-refractivity contribution in [3.05, 3.63) is 53.1 Å². The van der Waals surface area contributed by atoms with Gasteiger partial charge in [0.05, 0.1) is 16.9 Å². The molecule has 5 N–H and O–H groups in total. The highest BCUT2D eigenvalue weighted by atomic mass is 16.1. The van der Waals surface area contributed by atoms with Crippen molar-refractivity contribution in [3.8, 4) is 0 Å². The number of rotatable bonds is 3. The molecule has 0 aliphatic heterocycles. The van der Waals surface area contributed by atoms with Gasteiger partial charge in [0.1, 0.15) is 0 Å². The minimum atomic E-state index is -0.501. The molecule has 0 saturated heterocycles. The van der Waals surface area contributed by atoms with E-state index in [0.717, 1.165) is 5.69 Å². The normalized spacial score (nSPS) is 10.2. The second-order valence-electron chi connectivity index (χ2n) is 4.56. The molecule has 0 aliphatic rings. The summed E-state index contributed by atoms with van der Waals surface area (Å²) in [5, 5.41) is 3.16. The lowest BCUT2D eigenvalue weighted by Gasteiger charge is -2.13. The summed E-state index contributed by atoms with van der Waals surface area (Å²) in [6, 6.07) is 11.1. The molecule has 0 heterocycles. The van der Waals surface area contributed by atoms with Crippen LogP contribution in [0.1, 0.15) is 21.5 Å². The molecule has 0 atom stereocenters. The van der Waals surface area contributed by atoms with Crippen molar-refractivity contribution in [3.63, 3.8) is 0 Å². The molecule has 0 aromatic heterocycles. The van der Waals surface area contributed by atoms with Gasteiger partial charge >= 0.3 is 0 Å². The van der Waals surface area contributed by atoms with Gasteiger partial charge in [0.2, 0.25) is 0 Å². The van der Waals surface area contributed by atoms with Crippen molar-refractivity contribution in [2.45, 2.75) is 13.8 Å². The van der Waals surface area contributed by atoms with Crippen molar-refractivity contribution in [1.29, 1.82) is 0 Å². The molecule has 0 spiro atoms. The third kappa shape index (κ3) is 2.68. The first-order valence-electron chi connectivity index (χ1n) is 6.01. The number of para-hydroxylation sites is 1. The first kappa shape index (κ1) is 13.0. The molecule has 0 unspecified atom stereocenters. The van der Waals surface area contributed by atoms with Gasteiger partial charge in [-0.05, 0) is 49.2 Å². The van der Waals surface area contributed by atoms with Crippen LogP contribution in [-0.2, 0) is 0 Å². The van der Waals surface area contributed by atoms with E-state index in [1.165, 1.54) is 11.1 Å². The van der Waals surface area contributed by atoms with Crippen molar-refractivity contribution in [1.82, 2.24) is 0 Å². The maximum absolute atomic E-state index is 11.4. The molecule has 0 saturated carbocycles. The molecule has 1 amide bonds. The number of hydrogen-bond donors (Lipinski definition) is 3. The predicted octanol–water partition coefficient (Wildman–Crippen LogP) is 2.73. The van der Waals surface area contributed by atoms with Crippen molar-refractivity contribution < 1.29 is 4.79 Å². The van der Waals surface area contributed by atoms with Crippen LogP contribution in [0.4, 0.5) is 17.1 Å². The zero-order chi connectivity index (χ0) is 14.0. The molecule has 0 fully saturated rings. The summed E-state index contributed by atoms with van der Waals surface area (Å²) < 4.78 is 0. The zero-order valence-electron chi connectivity index (χ0n) is 11.0. The lowest BCUT2D eigenvalue weighted by atomic mass is 10.1. The molecule has 0 radical (unpaired) electrons. The van der Waals surface area contributed by atoms with Gasteiger partial charge in [-0.1, -0.05) is 12.1 Å². The SMILES string of the molecule is Cc1ccc(Nc2c(N)cccc2C(N)=O)cc1C. The molecule has 0 bridgehead atoms. The number of nitrogen functional groups attached to an aromatic ring is 1. The van der Waals surface area contributed by atoms with Crippen LogP contribution in [0.2, 0.25) is 0 Å².